The third-order valence-corrected chi connectivity index (χ3v) is 3.06. The molecule has 0 radical (unpaired) electrons. The van der Waals surface area contributed by atoms with E-state index in [0.717, 1.165) is 6.42 Å². The highest BCUT2D eigenvalue weighted by Gasteiger charge is 2.32. The van der Waals surface area contributed by atoms with Gasteiger partial charge in [0.1, 0.15) is 5.75 Å². The number of para-hydroxylation sites is 1. The molecule has 0 aliphatic heterocycles. The SMILES string of the molecule is CCC(C)CC(NN)c1ccccc1OC(F)(F)F. The molecule has 0 saturated carbocycles. The molecule has 0 amide bonds. The van der Waals surface area contributed by atoms with E-state index in [1.807, 2.05) is 13.8 Å². The summed E-state index contributed by atoms with van der Waals surface area (Å²) in [5, 5.41) is 0. The number of nitrogens with two attached hydrogens (primary N) is 1. The van der Waals surface area contributed by atoms with Gasteiger partial charge in [-0.1, -0.05) is 38.5 Å². The van der Waals surface area contributed by atoms with Crippen molar-refractivity contribution < 1.29 is 17.9 Å². The molecular formula is C13H19F3N2O. The number of alkyl halides is 3. The molecule has 0 bridgehead atoms. The molecule has 0 fully saturated rings. The molecule has 19 heavy (non-hydrogen) atoms. The Hall–Kier alpha value is -1.27. The zero-order valence-corrected chi connectivity index (χ0v) is 11.0. The number of hydrazine groups is 1. The minimum absolute atomic E-state index is 0.207. The average Bonchev–Trinajstić information content (AvgIpc) is 2.34. The van der Waals surface area contributed by atoms with Gasteiger partial charge < -0.3 is 4.74 Å². The van der Waals surface area contributed by atoms with Crippen molar-refractivity contribution in [2.75, 3.05) is 0 Å². The number of benzene rings is 1. The number of hydrogen-bond acceptors (Lipinski definition) is 3. The van der Waals surface area contributed by atoms with E-state index in [4.69, 9.17) is 5.84 Å². The normalized spacial score (nSPS) is 15.1. The predicted molar refractivity (Wildman–Crippen MR) is 67.3 cm³/mol. The lowest BCUT2D eigenvalue weighted by Gasteiger charge is -2.22. The van der Waals surface area contributed by atoms with Gasteiger partial charge in [0.05, 0.1) is 0 Å². The van der Waals surface area contributed by atoms with Crippen LogP contribution in [-0.2, 0) is 0 Å². The van der Waals surface area contributed by atoms with Gasteiger partial charge in [-0.05, 0) is 18.4 Å². The van der Waals surface area contributed by atoms with Crippen molar-refractivity contribution in [3.05, 3.63) is 29.8 Å². The van der Waals surface area contributed by atoms with Crippen molar-refractivity contribution in [3.8, 4) is 5.75 Å². The maximum atomic E-state index is 12.3. The van der Waals surface area contributed by atoms with Gasteiger partial charge in [0, 0.05) is 11.6 Å². The van der Waals surface area contributed by atoms with Gasteiger partial charge in [-0.25, -0.2) is 0 Å². The van der Waals surface area contributed by atoms with Crippen LogP contribution in [0.1, 0.15) is 38.3 Å². The fourth-order valence-electron chi connectivity index (χ4n) is 1.84. The predicted octanol–water partition coefficient (Wildman–Crippen LogP) is 3.53. The lowest BCUT2D eigenvalue weighted by molar-refractivity contribution is -0.275. The summed E-state index contributed by atoms with van der Waals surface area (Å²) in [6.07, 6.45) is -3.13. The maximum absolute atomic E-state index is 12.3. The fourth-order valence-corrected chi connectivity index (χ4v) is 1.84. The topological polar surface area (TPSA) is 47.3 Å². The molecule has 0 aliphatic rings. The summed E-state index contributed by atoms with van der Waals surface area (Å²) in [4.78, 5) is 0. The van der Waals surface area contributed by atoms with Gasteiger partial charge >= 0.3 is 6.36 Å². The van der Waals surface area contributed by atoms with Crippen molar-refractivity contribution >= 4 is 0 Å². The summed E-state index contributed by atoms with van der Waals surface area (Å²) in [7, 11) is 0. The molecule has 2 atom stereocenters. The summed E-state index contributed by atoms with van der Waals surface area (Å²) < 4.78 is 41.1. The third-order valence-electron chi connectivity index (χ3n) is 3.06. The van der Waals surface area contributed by atoms with Crippen molar-refractivity contribution in [3.63, 3.8) is 0 Å². The summed E-state index contributed by atoms with van der Waals surface area (Å²) in [6, 6.07) is 5.69. The number of halogens is 3. The van der Waals surface area contributed by atoms with Crippen LogP contribution in [0.3, 0.4) is 0 Å². The Labute approximate surface area is 110 Å². The van der Waals surface area contributed by atoms with E-state index < -0.39 is 6.36 Å². The molecule has 3 nitrogen and oxygen atoms in total. The molecule has 0 aromatic heterocycles. The molecule has 6 heteroatoms. The maximum Gasteiger partial charge on any atom is 0.573 e. The Morgan fingerprint density at radius 2 is 1.95 bits per heavy atom. The average molecular weight is 276 g/mol. The Morgan fingerprint density at radius 3 is 2.47 bits per heavy atom. The summed E-state index contributed by atoms with van der Waals surface area (Å²) in [6.45, 7) is 4.05. The van der Waals surface area contributed by atoms with E-state index in [-0.39, 0.29) is 11.8 Å². The van der Waals surface area contributed by atoms with Crippen LogP contribution in [0, 0.1) is 5.92 Å². The van der Waals surface area contributed by atoms with Crippen molar-refractivity contribution in [1.29, 1.82) is 0 Å². The van der Waals surface area contributed by atoms with Crippen LogP contribution in [0.25, 0.3) is 0 Å². The van der Waals surface area contributed by atoms with Gasteiger partial charge in [0.25, 0.3) is 0 Å². The van der Waals surface area contributed by atoms with E-state index in [2.05, 4.69) is 10.2 Å². The molecule has 0 spiro atoms. The molecule has 2 unspecified atom stereocenters. The van der Waals surface area contributed by atoms with Gasteiger partial charge in [0.15, 0.2) is 0 Å². The zero-order chi connectivity index (χ0) is 14.5. The van der Waals surface area contributed by atoms with Crippen LogP contribution in [-0.4, -0.2) is 6.36 Å². The van der Waals surface area contributed by atoms with Crippen LogP contribution >= 0.6 is 0 Å². The summed E-state index contributed by atoms with van der Waals surface area (Å²) in [5.41, 5.74) is 2.98. The van der Waals surface area contributed by atoms with Crippen LogP contribution in [0.4, 0.5) is 13.2 Å². The zero-order valence-electron chi connectivity index (χ0n) is 11.0. The van der Waals surface area contributed by atoms with E-state index >= 15 is 0 Å². The van der Waals surface area contributed by atoms with Gasteiger partial charge in [0.2, 0.25) is 0 Å². The van der Waals surface area contributed by atoms with Crippen molar-refractivity contribution in [2.45, 2.75) is 39.1 Å². The van der Waals surface area contributed by atoms with E-state index in [9.17, 15) is 13.2 Å². The number of hydrogen-bond donors (Lipinski definition) is 2. The Morgan fingerprint density at radius 1 is 1.32 bits per heavy atom. The molecule has 1 rings (SSSR count). The first-order valence-corrected chi connectivity index (χ1v) is 6.18. The molecule has 0 aliphatic carbocycles. The van der Waals surface area contributed by atoms with Crippen molar-refractivity contribution in [2.24, 2.45) is 11.8 Å². The highest BCUT2D eigenvalue weighted by Crippen LogP contribution is 2.33. The molecule has 0 heterocycles. The Balaban J connectivity index is 2.96. The summed E-state index contributed by atoms with van der Waals surface area (Å²) >= 11 is 0. The standard InChI is InChI=1S/C13H19F3N2O/c1-3-9(2)8-11(18-17)10-6-4-5-7-12(10)19-13(14,15)16/h4-7,9,11,18H,3,8,17H2,1-2H3. The fraction of sp³-hybridized carbons (Fsp3) is 0.538. The van der Waals surface area contributed by atoms with E-state index in [0.29, 0.717) is 17.9 Å². The van der Waals surface area contributed by atoms with E-state index in [1.165, 1.54) is 12.1 Å². The first-order valence-electron chi connectivity index (χ1n) is 6.18. The number of nitrogens with one attached hydrogen (secondary N) is 1. The number of rotatable bonds is 6. The van der Waals surface area contributed by atoms with Gasteiger partial charge in [-0.15, -0.1) is 13.2 Å². The first-order chi connectivity index (χ1) is 8.87. The number of ether oxygens (including phenoxy) is 1. The van der Waals surface area contributed by atoms with Gasteiger partial charge in [-0.2, -0.15) is 0 Å². The quantitative estimate of drug-likeness (QED) is 0.617. The second kappa shape index (κ2) is 6.77. The highest BCUT2D eigenvalue weighted by atomic mass is 19.4. The molecule has 0 saturated heterocycles. The lowest BCUT2D eigenvalue weighted by Crippen LogP contribution is -2.30. The highest BCUT2D eigenvalue weighted by molar-refractivity contribution is 5.36. The largest absolute Gasteiger partial charge is 0.573 e. The van der Waals surface area contributed by atoms with Crippen LogP contribution in [0.15, 0.2) is 24.3 Å². The van der Waals surface area contributed by atoms with Crippen LogP contribution in [0.2, 0.25) is 0 Å². The molecule has 1 aromatic carbocycles. The Bertz CT molecular complexity index is 396. The minimum Gasteiger partial charge on any atom is -0.405 e. The molecular weight excluding hydrogens is 257 g/mol. The molecule has 3 N–H and O–H groups in total. The van der Waals surface area contributed by atoms with E-state index in [1.54, 1.807) is 12.1 Å². The van der Waals surface area contributed by atoms with Gasteiger partial charge in [-0.3, -0.25) is 11.3 Å². The first kappa shape index (κ1) is 15.8. The molecule has 108 valence electrons. The minimum atomic E-state index is -4.70. The summed E-state index contributed by atoms with van der Waals surface area (Å²) in [5.74, 6) is 5.59. The second-order valence-electron chi connectivity index (χ2n) is 4.55. The Kier molecular flexibility index (Phi) is 5.62. The van der Waals surface area contributed by atoms with Crippen LogP contribution < -0.4 is 16.0 Å². The lowest BCUT2D eigenvalue weighted by atomic mass is 9.94. The third kappa shape index (κ3) is 5.08. The van der Waals surface area contributed by atoms with Crippen LogP contribution in [0.5, 0.6) is 5.75 Å². The monoisotopic (exact) mass is 276 g/mol. The smallest absolute Gasteiger partial charge is 0.405 e. The molecule has 1 aromatic rings. The second-order valence-corrected chi connectivity index (χ2v) is 4.55. The van der Waals surface area contributed by atoms with Crippen molar-refractivity contribution in [1.82, 2.24) is 5.43 Å².